The van der Waals surface area contributed by atoms with Gasteiger partial charge in [-0.05, 0) is 66.1 Å². The first-order valence-corrected chi connectivity index (χ1v) is 10.3. The van der Waals surface area contributed by atoms with E-state index in [1.54, 1.807) is 24.3 Å². The van der Waals surface area contributed by atoms with Crippen molar-refractivity contribution < 1.29 is 19.1 Å². The molecule has 0 unspecified atom stereocenters. The summed E-state index contributed by atoms with van der Waals surface area (Å²) in [5.41, 5.74) is 3.06. The zero-order valence-corrected chi connectivity index (χ0v) is 17.5. The highest BCUT2D eigenvalue weighted by molar-refractivity contribution is 6.39. The molecule has 6 heteroatoms. The first-order valence-electron chi connectivity index (χ1n) is 9.88. The Balaban J connectivity index is 1.88. The van der Waals surface area contributed by atoms with Gasteiger partial charge in [0.1, 0.15) is 5.82 Å². The van der Waals surface area contributed by atoms with E-state index in [9.17, 15) is 14.0 Å². The lowest BCUT2D eigenvalue weighted by molar-refractivity contribution is -0.112. The third-order valence-electron chi connectivity index (χ3n) is 5.26. The van der Waals surface area contributed by atoms with E-state index in [1.165, 1.54) is 35.2 Å². The maximum Gasteiger partial charge on any atom is 0.335 e. The number of halogens is 2. The van der Waals surface area contributed by atoms with Crippen molar-refractivity contribution in [2.45, 2.75) is 19.8 Å². The molecule has 1 aliphatic rings. The number of rotatable bonds is 5. The lowest BCUT2D eigenvalue weighted by Gasteiger charge is -2.17. The Hall–Kier alpha value is -3.44. The van der Waals surface area contributed by atoms with Crippen LogP contribution in [0.25, 0.3) is 11.6 Å². The normalized spacial score (nSPS) is 14.2. The van der Waals surface area contributed by atoms with Gasteiger partial charge >= 0.3 is 5.97 Å². The highest BCUT2D eigenvalue weighted by atomic mass is 35.5. The molecule has 0 saturated heterocycles. The summed E-state index contributed by atoms with van der Waals surface area (Å²) < 4.78 is 14.9. The maximum absolute atomic E-state index is 14.9. The predicted octanol–water partition coefficient (Wildman–Crippen LogP) is 6.35. The van der Waals surface area contributed by atoms with E-state index in [2.05, 4.69) is 6.92 Å². The van der Waals surface area contributed by atoms with Gasteiger partial charge in [0.25, 0.3) is 5.91 Å². The Morgan fingerprint density at radius 3 is 2.48 bits per heavy atom. The largest absolute Gasteiger partial charge is 0.478 e. The quantitative estimate of drug-likeness (QED) is 0.475. The number of fused-ring (bicyclic) bond motifs is 1. The molecule has 3 aromatic rings. The molecule has 0 fully saturated rings. The van der Waals surface area contributed by atoms with Crippen LogP contribution >= 0.6 is 11.6 Å². The van der Waals surface area contributed by atoms with Gasteiger partial charge in [0.05, 0.1) is 16.8 Å². The van der Waals surface area contributed by atoms with Gasteiger partial charge in [-0.25, -0.2) is 9.18 Å². The van der Waals surface area contributed by atoms with Gasteiger partial charge in [-0.1, -0.05) is 43.1 Å². The molecule has 4 rings (SSSR count). The van der Waals surface area contributed by atoms with Gasteiger partial charge in [0, 0.05) is 16.3 Å². The Morgan fingerprint density at radius 1 is 1.10 bits per heavy atom. The Labute approximate surface area is 184 Å². The second-order valence-corrected chi connectivity index (χ2v) is 7.65. The second kappa shape index (κ2) is 8.36. The molecular weight excluding hydrogens is 417 g/mol. The summed E-state index contributed by atoms with van der Waals surface area (Å²) in [6.45, 7) is 2.05. The Bertz CT molecular complexity index is 1220. The monoisotopic (exact) mass is 435 g/mol. The molecule has 0 radical (unpaired) electrons. The summed E-state index contributed by atoms with van der Waals surface area (Å²) in [6.07, 6.45) is 3.33. The van der Waals surface area contributed by atoms with Crippen LogP contribution in [-0.4, -0.2) is 17.0 Å². The number of aryl methyl sites for hydroxylation is 1. The number of benzene rings is 3. The number of amides is 1. The highest BCUT2D eigenvalue weighted by Gasteiger charge is 2.36. The van der Waals surface area contributed by atoms with E-state index in [0.717, 1.165) is 18.4 Å². The molecule has 3 aromatic carbocycles. The van der Waals surface area contributed by atoms with Gasteiger partial charge in [-0.2, -0.15) is 0 Å². The summed E-state index contributed by atoms with van der Waals surface area (Å²) in [6, 6.07) is 16.0. The molecule has 0 aromatic heterocycles. The predicted molar refractivity (Wildman–Crippen MR) is 120 cm³/mol. The van der Waals surface area contributed by atoms with E-state index >= 15 is 0 Å². The van der Waals surface area contributed by atoms with E-state index < -0.39 is 17.7 Å². The second-order valence-electron chi connectivity index (χ2n) is 7.25. The van der Waals surface area contributed by atoms with Crippen LogP contribution in [-0.2, 0) is 11.2 Å². The fourth-order valence-corrected chi connectivity index (χ4v) is 4.07. The van der Waals surface area contributed by atoms with Gasteiger partial charge in [-0.3, -0.25) is 9.69 Å². The average molecular weight is 436 g/mol. The molecule has 0 aliphatic carbocycles. The minimum Gasteiger partial charge on any atom is -0.478 e. The smallest absolute Gasteiger partial charge is 0.335 e. The molecule has 156 valence electrons. The van der Waals surface area contributed by atoms with E-state index in [4.69, 9.17) is 16.7 Å². The van der Waals surface area contributed by atoms with Crippen molar-refractivity contribution in [1.82, 2.24) is 0 Å². The van der Waals surface area contributed by atoms with Crippen molar-refractivity contribution in [2.24, 2.45) is 0 Å². The average Bonchev–Trinajstić information content (AvgIpc) is 3.03. The summed E-state index contributed by atoms with van der Waals surface area (Å²) in [5, 5.41) is 9.63. The molecule has 0 atom stereocenters. The van der Waals surface area contributed by atoms with Crippen LogP contribution in [0, 0.1) is 5.82 Å². The van der Waals surface area contributed by atoms with E-state index in [-0.39, 0.29) is 16.7 Å². The zero-order chi connectivity index (χ0) is 22.1. The van der Waals surface area contributed by atoms with Crippen LogP contribution in [0.1, 0.15) is 40.4 Å². The lowest BCUT2D eigenvalue weighted by Crippen LogP contribution is -2.20. The number of carboxylic acids is 1. The van der Waals surface area contributed by atoms with Gasteiger partial charge in [-0.15, -0.1) is 0 Å². The molecule has 0 spiro atoms. The molecule has 1 aliphatic heterocycles. The van der Waals surface area contributed by atoms with Gasteiger partial charge in [0.15, 0.2) is 0 Å². The number of hydrogen-bond donors (Lipinski definition) is 1. The van der Waals surface area contributed by atoms with Crippen LogP contribution in [0.15, 0.2) is 60.7 Å². The minimum absolute atomic E-state index is 0.103. The van der Waals surface area contributed by atoms with Crippen molar-refractivity contribution in [3.05, 3.63) is 93.8 Å². The summed E-state index contributed by atoms with van der Waals surface area (Å²) >= 11 is 6.44. The maximum atomic E-state index is 14.9. The molecule has 1 amide bonds. The lowest BCUT2D eigenvalue weighted by atomic mass is 9.98. The van der Waals surface area contributed by atoms with Crippen LogP contribution in [0.4, 0.5) is 15.8 Å². The van der Waals surface area contributed by atoms with E-state index in [0.29, 0.717) is 22.0 Å². The minimum atomic E-state index is -1.06. The SMILES string of the molecule is CCCc1cccc(Cl)c1/C=C1/C(=O)N(c2ccc(C(=O)O)cc2)c2cccc(F)c21. The summed E-state index contributed by atoms with van der Waals surface area (Å²) in [5.74, 6) is -1.97. The van der Waals surface area contributed by atoms with Crippen molar-refractivity contribution in [1.29, 1.82) is 0 Å². The zero-order valence-electron chi connectivity index (χ0n) is 16.7. The number of nitrogens with zero attached hydrogens (tertiary/aromatic N) is 1. The summed E-state index contributed by atoms with van der Waals surface area (Å²) in [7, 11) is 0. The first kappa shape index (κ1) is 20.8. The molecule has 0 saturated carbocycles. The van der Waals surface area contributed by atoms with Crippen LogP contribution in [0.5, 0.6) is 0 Å². The van der Waals surface area contributed by atoms with Crippen molar-refractivity contribution in [2.75, 3.05) is 4.90 Å². The number of carbonyl (C=O) groups excluding carboxylic acids is 1. The van der Waals surface area contributed by atoms with Gasteiger partial charge in [0.2, 0.25) is 0 Å². The van der Waals surface area contributed by atoms with Crippen molar-refractivity contribution >= 4 is 46.5 Å². The number of carboxylic acid groups (broad SMARTS) is 1. The van der Waals surface area contributed by atoms with Crippen molar-refractivity contribution in [3.8, 4) is 0 Å². The third kappa shape index (κ3) is 3.73. The topological polar surface area (TPSA) is 57.6 Å². The van der Waals surface area contributed by atoms with Crippen molar-refractivity contribution in [3.63, 3.8) is 0 Å². The fourth-order valence-electron chi connectivity index (χ4n) is 3.82. The third-order valence-corrected chi connectivity index (χ3v) is 5.59. The fraction of sp³-hybridized carbons (Fsp3) is 0.120. The first-order chi connectivity index (χ1) is 14.9. The Morgan fingerprint density at radius 2 is 1.81 bits per heavy atom. The number of carbonyl (C=O) groups is 2. The Kier molecular flexibility index (Phi) is 5.61. The number of hydrogen-bond acceptors (Lipinski definition) is 2. The highest BCUT2D eigenvalue weighted by Crippen LogP contribution is 2.44. The van der Waals surface area contributed by atoms with Crippen LogP contribution in [0.2, 0.25) is 5.02 Å². The molecular formula is C25H19ClFNO3. The number of aromatic carboxylic acids is 1. The molecule has 1 heterocycles. The van der Waals surface area contributed by atoms with Crippen LogP contribution in [0.3, 0.4) is 0 Å². The number of anilines is 2. The molecule has 1 N–H and O–H groups in total. The van der Waals surface area contributed by atoms with Crippen LogP contribution < -0.4 is 4.90 Å². The molecule has 4 nitrogen and oxygen atoms in total. The van der Waals surface area contributed by atoms with E-state index in [1.807, 2.05) is 12.1 Å². The molecule has 31 heavy (non-hydrogen) atoms. The standard InChI is InChI=1S/C25H19ClFNO3/c1-2-5-15-6-3-7-20(26)18(15)14-19-23-21(27)8-4-9-22(23)28(24(19)29)17-12-10-16(11-13-17)25(30)31/h3-4,6-14H,2,5H2,1H3,(H,30,31)/b19-14+. The molecule has 0 bridgehead atoms. The van der Waals surface area contributed by atoms with Gasteiger partial charge < -0.3 is 5.11 Å². The summed E-state index contributed by atoms with van der Waals surface area (Å²) in [4.78, 5) is 26.0.